The maximum absolute atomic E-state index is 12.2. The summed E-state index contributed by atoms with van der Waals surface area (Å²) in [4.78, 5) is 28.4. The molecule has 28 heavy (non-hydrogen) atoms. The van der Waals surface area contributed by atoms with E-state index in [-0.39, 0.29) is 18.1 Å². The van der Waals surface area contributed by atoms with Gasteiger partial charge in [-0.25, -0.2) is 4.98 Å². The van der Waals surface area contributed by atoms with E-state index in [4.69, 9.17) is 19.9 Å². The molecule has 2 aromatic rings. The first-order valence-electron chi connectivity index (χ1n) is 8.30. The van der Waals surface area contributed by atoms with Gasteiger partial charge < -0.3 is 25.3 Å². The van der Waals surface area contributed by atoms with Crippen LogP contribution >= 0.6 is 23.1 Å². The van der Waals surface area contributed by atoms with Gasteiger partial charge in [0.2, 0.25) is 17.6 Å². The van der Waals surface area contributed by atoms with E-state index in [1.54, 1.807) is 26.4 Å². The zero-order chi connectivity index (χ0) is 20.7. The maximum atomic E-state index is 12.2. The van der Waals surface area contributed by atoms with Crippen molar-refractivity contribution in [2.45, 2.75) is 24.2 Å². The standard InChI is InChI=1S/C18H23N3O5S2/c1-10-14(7-15(19)22)28-18(21-10)27-9-16(23)20-8-11-5-12(24-2)17(26-4)13(6-11)25-3/h5-6H,7-9H2,1-4H3,(H2,19,22)(H,20,23). The molecule has 2 rings (SSSR count). The lowest BCUT2D eigenvalue weighted by Gasteiger charge is -2.14. The van der Waals surface area contributed by atoms with Gasteiger partial charge in [0.15, 0.2) is 15.8 Å². The van der Waals surface area contributed by atoms with Crippen molar-refractivity contribution in [1.29, 1.82) is 0 Å². The normalized spacial score (nSPS) is 10.4. The average Bonchev–Trinajstić information content (AvgIpc) is 3.02. The summed E-state index contributed by atoms with van der Waals surface area (Å²) in [5.41, 5.74) is 6.81. The molecule has 0 aliphatic carbocycles. The second-order valence-electron chi connectivity index (χ2n) is 5.73. The zero-order valence-corrected chi connectivity index (χ0v) is 17.8. The molecule has 1 aromatic carbocycles. The van der Waals surface area contributed by atoms with Gasteiger partial charge in [-0.3, -0.25) is 9.59 Å². The quantitative estimate of drug-likeness (QED) is 0.559. The number of benzene rings is 1. The van der Waals surface area contributed by atoms with Crippen molar-refractivity contribution in [1.82, 2.24) is 10.3 Å². The Bertz CT molecular complexity index is 829. The Morgan fingerprint density at radius 2 is 1.82 bits per heavy atom. The minimum atomic E-state index is -0.397. The smallest absolute Gasteiger partial charge is 0.230 e. The van der Waals surface area contributed by atoms with E-state index in [1.165, 1.54) is 30.2 Å². The van der Waals surface area contributed by atoms with E-state index in [0.29, 0.717) is 23.8 Å². The summed E-state index contributed by atoms with van der Waals surface area (Å²) >= 11 is 2.70. The number of aryl methyl sites for hydroxylation is 1. The summed E-state index contributed by atoms with van der Waals surface area (Å²) < 4.78 is 16.6. The molecule has 152 valence electrons. The Morgan fingerprint density at radius 1 is 1.18 bits per heavy atom. The van der Waals surface area contributed by atoms with Gasteiger partial charge in [0.25, 0.3) is 0 Å². The Balaban J connectivity index is 1.93. The number of hydrogen-bond donors (Lipinski definition) is 2. The molecule has 0 bridgehead atoms. The Kier molecular flexibility index (Phi) is 7.94. The van der Waals surface area contributed by atoms with Crippen LogP contribution in [0, 0.1) is 6.92 Å². The summed E-state index contributed by atoms with van der Waals surface area (Å²) in [5.74, 6) is 1.24. The van der Waals surface area contributed by atoms with Crippen molar-refractivity contribution in [3.63, 3.8) is 0 Å². The van der Waals surface area contributed by atoms with Crippen LogP contribution in [0.1, 0.15) is 16.1 Å². The number of nitrogens with zero attached hydrogens (tertiary/aromatic N) is 1. The molecule has 0 radical (unpaired) electrons. The molecule has 3 N–H and O–H groups in total. The van der Waals surface area contributed by atoms with E-state index < -0.39 is 5.91 Å². The number of ether oxygens (including phenoxy) is 3. The van der Waals surface area contributed by atoms with Gasteiger partial charge in [-0.05, 0) is 24.6 Å². The van der Waals surface area contributed by atoms with Gasteiger partial charge in [-0.1, -0.05) is 11.8 Å². The molecule has 0 unspecified atom stereocenters. The van der Waals surface area contributed by atoms with Crippen molar-refractivity contribution in [2.75, 3.05) is 27.1 Å². The van der Waals surface area contributed by atoms with Crippen LogP contribution in [-0.4, -0.2) is 43.9 Å². The van der Waals surface area contributed by atoms with Crippen molar-refractivity contribution < 1.29 is 23.8 Å². The van der Waals surface area contributed by atoms with E-state index in [2.05, 4.69) is 10.3 Å². The number of hydrogen-bond acceptors (Lipinski definition) is 8. The molecule has 0 aliphatic heterocycles. The van der Waals surface area contributed by atoms with Crippen LogP contribution in [0.3, 0.4) is 0 Å². The van der Waals surface area contributed by atoms with Crippen molar-refractivity contribution in [3.05, 3.63) is 28.3 Å². The van der Waals surface area contributed by atoms with Crippen molar-refractivity contribution in [2.24, 2.45) is 5.73 Å². The second-order valence-corrected chi connectivity index (χ2v) is 8.04. The molecule has 0 fully saturated rings. The summed E-state index contributed by atoms with van der Waals surface area (Å²) in [6.45, 7) is 2.14. The highest BCUT2D eigenvalue weighted by Gasteiger charge is 2.15. The molecule has 0 atom stereocenters. The first-order chi connectivity index (χ1) is 13.4. The molecule has 2 amide bonds. The topological polar surface area (TPSA) is 113 Å². The van der Waals surface area contributed by atoms with Gasteiger partial charge in [-0.2, -0.15) is 0 Å². The molecule has 8 nitrogen and oxygen atoms in total. The molecule has 10 heteroatoms. The zero-order valence-electron chi connectivity index (χ0n) is 16.2. The highest BCUT2D eigenvalue weighted by molar-refractivity contribution is 8.01. The molecular weight excluding hydrogens is 402 g/mol. The molecular formula is C18H23N3O5S2. The Morgan fingerprint density at radius 3 is 2.36 bits per heavy atom. The number of aromatic nitrogens is 1. The van der Waals surface area contributed by atoms with Gasteiger partial charge in [0, 0.05) is 11.4 Å². The van der Waals surface area contributed by atoms with Crippen molar-refractivity contribution >= 4 is 34.9 Å². The average molecular weight is 426 g/mol. The SMILES string of the molecule is COc1cc(CNC(=O)CSc2nc(C)c(CC(N)=O)s2)cc(OC)c1OC. The number of thiazole rings is 1. The van der Waals surface area contributed by atoms with Gasteiger partial charge >= 0.3 is 0 Å². The number of methoxy groups -OCH3 is 3. The fourth-order valence-corrected chi connectivity index (χ4v) is 4.48. The number of rotatable bonds is 10. The fourth-order valence-electron chi connectivity index (χ4n) is 2.40. The van der Waals surface area contributed by atoms with Gasteiger partial charge in [0.1, 0.15) is 0 Å². The Labute approximate surface area is 171 Å². The third-order valence-corrected chi connectivity index (χ3v) is 6.05. The highest BCUT2D eigenvalue weighted by Crippen LogP contribution is 2.38. The third-order valence-electron chi connectivity index (χ3n) is 3.75. The van der Waals surface area contributed by atoms with E-state index in [9.17, 15) is 9.59 Å². The summed E-state index contributed by atoms with van der Waals surface area (Å²) in [7, 11) is 4.62. The second kappa shape index (κ2) is 10.2. The summed E-state index contributed by atoms with van der Waals surface area (Å²) in [6.07, 6.45) is 0.164. The largest absolute Gasteiger partial charge is 0.493 e. The number of primary amides is 1. The molecule has 0 spiro atoms. The Hall–Kier alpha value is -2.46. The molecule has 0 saturated carbocycles. The van der Waals surface area contributed by atoms with E-state index in [1.807, 2.05) is 6.92 Å². The van der Waals surface area contributed by atoms with Crippen LogP contribution in [0.4, 0.5) is 0 Å². The van der Waals surface area contributed by atoms with Crippen LogP contribution in [-0.2, 0) is 22.6 Å². The van der Waals surface area contributed by atoms with Crippen LogP contribution < -0.4 is 25.3 Å². The summed E-state index contributed by atoms with van der Waals surface area (Å²) in [5, 5.41) is 2.85. The summed E-state index contributed by atoms with van der Waals surface area (Å²) in [6, 6.07) is 3.57. The van der Waals surface area contributed by atoms with Gasteiger partial charge in [-0.15, -0.1) is 11.3 Å². The number of nitrogens with one attached hydrogen (secondary N) is 1. The predicted molar refractivity (Wildman–Crippen MR) is 108 cm³/mol. The first kappa shape index (κ1) is 21.8. The molecule has 1 heterocycles. The fraction of sp³-hybridized carbons (Fsp3) is 0.389. The number of carbonyl (C=O) groups excluding carboxylic acids is 2. The number of nitrogens with two attached hydrogens (primary N) is 1. The molecule has 0 saturated heterocycles. The minimum Gasteiger partial charge on any atom is -0.493 e. The van der Waals surface area contributed by atoms with Crippen molar-refractivity contribution in [3.8, 4) is 17.2 Å². The lowest BCUT2D eigenvalue weighted by molar-refractivity contribution is -0.119. The van der Waals surface area contributed by atoms with Crippen LogP contribution in [0.15, 0.2) is 16.5 Å². The van der Waals surface area contributed by atoms with Gasteiger partial charge in [0.05, 0.1) is 39.2 Å². The molecule has 1 aromatic heterocycles. The van der Waals surface area contributed by atoms with Crippen LogP contribution in [0.25, 0.3) is 0 Å². The minimum absolute atomic E-state index is 0.136. The number of thioether (sulfide) groups is 1. The third kappa shape index (κ3) is 5.77. The highest BCUT2D eigenvalue weighted by atomic mass is 32.2. The lowest BCUT2D eigenvalue weighted by Crippen LogP contribution is -2.24. The van der Waals surface area contributed by atoms with E-state index in [0.717, 1.165) is 20.5 Å². The first-order valence-corrected chi connectivity index (χ1v) is 10.1. The van der Waals surface area contributed by atoms with Crippen LogP contribution in [0.5, 0.6) is 17.2 Å². The number of carbonyl (C=O) groups is 2. The lowest BCUT2D eigenvalue weighted by atomic mass is 10.2. The maximum Gasteiger partial charge on any atom is 0.230 e. The number of amides is 2. The monoisotopic (exact) mass is 425 g/mol. The molecule has 0 aliphatic rings. The van der Waals surface area contributed by atoms with E-state index >= 15 is 0 Å². The predicted octanol–water partition coefficient (Wildman–Crippen LogP) is 1.91. The van der Waals surface area contributed by atoms with Crippen LogP contribution in [0.2, 0.25) is 0 Å².